The second-order valence-electron chi connectivity index (χ2n) is 4.61. The van der Waals surface area contributed by atoms with Crippen LogP contribution in [0.5, 0.6) is 5.75 Å². The van der Waals surface area contributed by atoms with Crippen molar-refractivity contribution in [2.45, 2.75) is 13.1 Å². The molecule has 0 atom stereocenters. The van der Waals surface area contributed by atoms with Gasteiger partial charge in [-0.2, -0.15) is 5.10 Å². The molecule has 19 heavy (non-hydrogen) atoms. The second kappa shape index (κ2) is 5.14. The molecular weight excluding hydrogens is 236 g/mol. The van der Waals surface area contributed by atoms with Crippen LogP contribution in [0, 0.1) is 0 Å². The van der Waals surface area contributed by atoms with Crippen molar-refractivity contribution in [1.82, 2.24) is 5.01 Å². The van der Waals surface area contributed by atoms with Crippen molar-refractivity contribution in [3.63, 3.8) is 0 Å². The minimum atomic E-state index is 0.814. The normalized spacial score (nSPS) is 13.2. The molecular formula is C16H16N2O. The van der Waals surface area contributed by atoms with Crippen LogP contribution in [0.25, 0.3) is 0 Å². The molecule has 2 aromatic rings. The van der Waals surface area contributed by atoms with Gasteiger partial charge in [0.1, 0.15) is 5.75 Å². The number of hydrogen-bond donors (Lipinski definition) is 0. The highest BCUT2D eigenvalue weighted by Crippen LogP contribution is 2.18. The van der Waals surface area contributed by atoms with Crippen LogP contribution in [0.1, 0.15) is 16.7 Å². The van der Waals surface area contributed by atoms with E-state index in [1.165, 1.54) is 16.7 Å². The fraction of sp³-hybridized carbons (Fsp3) is 0.188. The lowest BCUT2D eigenvalue weighted by atomic mass is 10.1. The highest BCUT2D eigenvalue weighted by atomic mass is 16.5. The Morgan fingerprint density at radius 1 is 1.11 bits per heavy atom. The number of nitrogens with zero attached hydrogens (tertiary/aromatic N) is 2. The molecule has 0 unspecified atom stereocenters. The van der Waals surface area contributed by atoms with Crippen LogP contribution in [0.2, 0.25) is 0 Å². The van der Waals surface area contributed by atoms with E-state index in [1.54, 1.807) is 7.11 Å². The Labute approximate surface area is 113 Å². The zero-order valence-corrected chi connectivity index (χ0v) is 10.9. The summed E-state index contributed by atoms with van der Waals surface area (Å²) >= 11 is 0. The number of methoxy groups -OCH3 is 1. The summed E-state index contributed by atoms with van der Waals surface area (Å²) in [6.07, 6.45) is 1.93. The molecule has 0 radical (unpaired) electrons. The molecule has 0 aromatic heterocycles. The van der Waals surface area contributed by atoms with Gasteiger partial charge in [0.25, 0.3) is 0 Å². The summed E-state index contributed by atoms with van der Waals surface area (Å²) in [5.41, 5.74) is 3.77. The molecule has 2 aromatic carbocycles. The Morgan fingerprint density at radius 3 is 2.68 bits per heavy atom. The quantitative estimate of drug-likeness (QED) is 0.838. The van der Waals surface area contributed by atoms with Crippen LogP contribution in [-0.2, 0) is 13.1 Å². The van der Waals surface area contributed by atoms with E-state index in [4.69, 9.17) is 4.74 Å². The van der Waals surface area contributed by atoms with Crippen molar-refractivity contribution in [2.75, 3.05) is 7.11 Å². The second-order valence-corrected chi connectivity index (χ2v) is 4.61. The van der Waals surface area contributed by atoms with E-state index in [2.05, 4.69) is 40.4 Å². The predicted octanol–water partition coefficient (Wildman–Crippen LogP) is 3.04. The summed E-state index contributed by atoms with van der Waals surface area (Å²) in [4.78, 5) is 0. The van der Waals surface area contributed by atoms with Crippen molar-refractivity contribution in [3.05, 3.63) is 65.2 Å². The average molecular weight is 252 g/mol. The summed E-state index contributed by atoms with van der Waals surface area (Å²) in [5.74, 6) is 0.885. The number of fused-ring (bicyclic) bond motifs is 1. The standard InChI is InChI=1S/C16H16N2O/c1-19-16-8-6-13(7-9-16)11-18-12-15-5-3-2-4-14(15)10-17-18/h2-10H,11-12H2,1H3. The van der Waals surface area contributed by atoms with Gasteiger partial charge >= 0.3 is 0 Å². The van der Waals surface area contributed by atoms with Gasteiger partial charge in [-0.1, -0.05) is 36.4 Å². The van der Waals surface area contributed by atoms with E-state index < -0.39 is 0 Å². The molecule has 3 nitrogen and oxygen atoms in total. The van der Waals surface area contributed by atoms with Crippen molar-refractivity contribution < 1.29 is 4.74 Å². The molecule has 0 fully saturated rings. The molecule has 1 aliphatic rings. The first-order chi connectivity index (χ1) is 9.35. The highest BCUT2D eigenvalue weighted by molar-refractivity contribution is 5.82. The monoisotopic (exact) mass is 252 g/mol. The van der Waals surface area contributed by atoms with Crippen LogP contribution in [0.4, 0.5) is 0 Å². The van der Waals surface area contributed by atoms with Gasteiger partial charge in [-0.3, -0.25) is 5.01 Å². The SMILES string of the molecule is COc1ccc(CN2Cc3ccccc3C=N2)cc1. The minimum absolute atomic E-state index is 0.814. The third-order valence-corrected chi connectivity index (χ3v) is 3.29. The average Bonchev–Trinajstić information content (AvgIpc) is 2.48. The van der Waals surface area contributed by atoms with Crippen LogP contribution in [0.3, 0.4) is 0 Å². The summed E-state index contributed by atoms with van der Waals surface area (Å²) in [6, 6.07) is 16.5. The van der Waals surface area contributed by atoms with Gasteiger partial charge in [-0.05, 0) is 28.8 Å². The zero-order chi connectivity index (χ0) is 13.1. The largest absolute Gasteiger partial charge is 0.497 e. The molecule has 0 amide bonds. The molecule has 3 rings (SSSR count). The van der Waals surface area contributed by atoms with Crippen molar-refractivity contribution in [1.29, 1.82) is 0 Å². The molecule has 1 heterocycles. The lowest BCUT2D eigenvalue weighted by Crippen LogP contribution is -2.21. The summed E-state index contributed by atoms with van der Waals surface area (Å²) in [7, 11) is 1.68. The Bertz CT molecular complexity index is 590. The number of rotatable bonds is 3. The van der Waals surface area contributed by atoms with E-state index >= 15 is 0 Å². The van der Waals surface area contributed by atoms with Crippen LogP contribution < -0.4 is 4.74 Å². The van der Waals surface area contributed by atoms with Gasteiger partial charge < -0.3 is 4.74 Å². The zero-order valence-electron chi connectivity index (χ0n) is 10.9. The smallest absolute Gasteiger partial charge is 0.118 e. The molecule has 3 heteroatoms. The fourth-order valence-electron chi connectivity index (χ4n) is 2.22. The lowest BCUT2D eigenvalue weighted by molar-refractivity contribution is 0.268. The molecule has 0 saturated heterocycles. The van der Waals surface area contributed by atoms with Gasteiger partial charge in [0.2, 0.25) is 0 Å². The maximum Gasteiger partial charge on any atom is 0.118 e. The number of hydrogen-bond acceptors (Lipinski definition) is 3. The Kier molecular flexibility index (Phi) is 3.19. The Hall–Kier alpha value is -2.29. The summed E-state index contributed by atoms with van der Waals surface area (Å²) in [5, 5.41) is 6.56. The van der Waals surface area contributed by atoms with Crippen molar-refractivity contribution in [2.24, 2.45) is 5.10 Å². The molecule has 0 N–H and O–H groups in total. The topological polar surface area (TPSA) is 24.8 Å². The van der Waals surface area contributed by atoms with Crippen molar-refractivity contribution in [3.8, 4) is 5.75 Å². The maximum atomic E-state index is 5.16. The summed E-state index contributed by atoms with van der Waals surface area (Å²) < 4.78 is 5.16. The Balaban J connectivity index is 1.72. The molecule has 96 valence electrons. The third-order valence-electron chi connectivity index (χ3n) is 3.29. The van der Waals surface area contributed by atoms with E-state index in [9.17, 15) is 0 Å². The van der Waals surface area contributed by atoms with Gasteiger partial charge in [-0.25, -0.2) is 0 Å². The third kappa shape index (κ3) is 2.60. The van der Waals surface area contributed by atoms with E-state index in [1.807, 2.05) is 24.4 Å². The van der Waals surface area contributed by atoms with Gasteiger partial charge in [-0.15, -0.1) is 0 Å². The van der Waals surface area contributed by atoms with E-state index in [0.29, 0.717) is 0 Å². The Morgan fingerprint density at radius 2 is 1.89 bits per heavy atom. The fourth-order valence-corrected chi connectivity index (χ4v) is 2.22. The molecule has 0 spiro atoms. The summed E-state index contributed by atoms with van der Waals surface area (Å²) in [6.45, 7) is 1.67. The number of ether oxygens (including phenoxy) is 1. The highest BCUT2D eigenvalue weighted by Gasteiger charge is 2.11. The minimum Gasteiger partial charge on any atom is -0.497 e. The molecule has 1 aliphatic heterocycles. The lowest BCUT2D eigenvalue weighted by Gasteiger charge is -2.24. The van der Waals surface area contributed by atoms with Gasteiger partial charge in [0.05, 0.1) is 26.4 Å². The van der Waals surface area contributed by atoms with Crippen LogP contribution >= 0.6 is 0 Å². The first-order valence-electron chi connectivity index (χ1n) is 6.35. The maximum absolute atomic E-state index is 5.16. The van der Waals surface area contributed by atoms with Crippen LogP contribution in [-0.4, -0.2) is 18.3 Å². The first kappa shape index (κ1) is 11.8. The van der Waals surface area contributed by atoms with Gasteiger partial charge in [0.15, 0.2) is 0 Å². The number of benzene rings is 2. The van der Waals surface area contributed by atoms with Crippen LogP contribution in [0.15, 0.2) is 53.6 Å². The van der Waals surface area contributed by atoms with E-state index in [0.717, 1.165) is 18.8 Å². The van der Waals surface area contributed by atoms with Gasteiger partial charge in [0, 0.05) is 0 Å². The van der Waals surface area contributed by atoms with E-state index in [-0.39, 0.29) is 0 Å². The first-order valence-corrected chi connectivity index (χ1v) is 6.35. The molecule has 0 aliphatic carbocycles. The molecule has 0 saturated carbocycles. The van der Waals surface area contributed by atoms with Crippen molar-refractivity contribution >= 4 is 6.21 Å². The number of hydrazone groups is 1. The predicted molar refractivity (Wildman–Crippen MR) is 76.3 cm³/mol. The molecule has 0 bridgehead atoms.